The van der Waals surface area contributed by atoms with Crippen LogP contribution in [0.25, 0.3) is 0 Å². The van der Waals surface area contributed by atoms with Crippen molar-refractivity contribution in [2.75, 3.05) is 38.2 Å². The zero-order valence-electron chi connectivity index (χ0n) is 20.4. The van der Waals surface area contributed by atoms with Crippen LogP contribution in [0.2, 0.25) is 10.0 Å². The van der Waals surface area contributed by atoms with E-state index in [0.717, 1.165) is 30.4 Å². The molecule has 2 fully saturated rings. The van der Waals surface area contributed by atoms with Crippen molar-refractivity contribution in [2.45, 2.75) is 44.2 Å². The average Bonchev–Trinajstić information content (AvgIpc) is 3.39. The van der Waals surface area contributed by atoms with Crippen LogP contribution in [-0.4, -0.2) is 60.6 Å². The van der Waals surface area contributed by atoms with Crippen LogP contribution in [0.5, 0.6) is 0 Å². The number of hydrogen-bond donors (Lipinski definition) is 2. The Labute approximate surface area is 222 Å². The van der Waals surface area contributed by atoms with E-state index in [2.05, 4.69) is 22.6 Å². The first-order chi connectivity index (χ1) is 17.3. The third-order valence-corrected chi connectivity index (χ3v) is 8.08. The number of rotatable bonds is 7. The Hall–Kier alpha value is -2.16. The molecule has 1 saturated heterocycles. The molecule has 2 N–H and O–H groups in total. The SMILES string of the molecule is C[C@@H]1CC[C@@H](N(CC(=O)NN2CCOCC2)C2(Cc3cccc(Cl)c3)C(=O)Nc3cc(Cl)ccc32)C1. The van der Waals surface area contributed by atoms with Gasteiger partial charge in [-0.2, -0.15) is 0 Å². The summed E-state index contributed by atoms with van der Waals surface area (Å²) in [5.41, 5.74) is 4.45. The Balaban J connectivity index is 1.56. The number of halogens is 2. The number of nitrogens with zero attached hydrogens (tertiary/aromatic N) is 2. The highest BCUT2D eigenvalue weighted by Crippen LogP contribution is 2.47. The molecular formula is C27H32Cl2N4O3. The topological polar surface area (TPSA) is 73.9 Å². The summed E-state index contributed by atoms with van der Waals surface area (Å²) in [6.45, 7) is 4.78. The molecule has 0 bridgehead atoms. The number of hydrazine groups is 1. The number of fused-ring (bicyclic) bond motifs is 1. The molecule has 2 amide bonds. The molecule has 0 radical (unpaired) electrons. The number of amides is 2. The number of benzene rings is 2. The number of hydrogen-bond acceptors (Lipinski definition) is 5. The molecule has 1 saturated carbocycles. The third kappa shape index (κ3) is 5.13. The lowest BCUT2D eigenvalue weighted by molar-refractivity contribution is -0.137. The first-order valence-electron chi connectivity index (χ1n) is 12.6. The summed E-state index contributed by atoms with van der Waals surface area (Å²) in [4.78, 5) is 29.6. The van der Waals surface area contributed by atoms with Crippen LogP contribution < -0.4 is 10.7 Å². The average molecular weight is 531 g/mol. The van der Waals surface area contributed by atoms with Crippen LogP contribution in [0.1, 0.15) is 37.3 Å². The van der Waals surface area contributed by atoms with Crippen LogP contribution in [-0.2, 0) is 26.3 Å². The predicted octanol–water partition coefficient (Wildman–Crippen LogP) is 4.24. The molecule has 0 spiro atoms. The maximum Gasteiger partial charge on any atom is 0.249 e. The van der Waals surface area contributed by atoms with Crippen LogP contribution in [0.15, 0.2) is 42.5 Å². The lowest BCUT2D eigenvalue weighted by atomic mass is 9.81. The van der Waals surface area contributed by atoms with E-state index in [1.807, 2.05) is 41.4 Å². The molecule has 1 aliphatic carbocycles. The zero-order chi connectivity index (χ0) is 25.3. The summed E-state index contributed by atoms with van der Waals surface area (Å²) in [5, 5.41) is 6.14. The summed E-state index contributed by atoms with van der Waals surface area (Å²) < 4.78 is 5.41. The van der Waals surface area contributed by atoms with Crippen molar-refractivity contribution in [2.24, 2.45) is 5.92 Å². The second-order valence-corrected chi connectivity index (χ2v) is 11.0. The molecule has 3 atom stereocenters. The fraction of sp³-hybridized carbons (Fsp3) is 0.481. The number of anilines is 1. The Morgan fingerprint density at radius 3 is 2.67 bits per heavy atom. The van der Waals surface area contributed by atoms with E-state index in [0.29, 0.717) is 54.4 Å². The number of ether oxygens (including phenoxy) is 1. The first kappa shape index (κ1) is 25.5. The van der Waals surface area contributed by atoms with Gasteiger partial charge in [0.2, 0.25) is 11.8 Å². The van der Waals surface area contributed by atoms with Gasteiger partial charge < -0.3 is 10.1 Å². The summed E-state index contributed by atoms with van der Waals surface area (Å²) in [6, 6.07) is 13.2. The maximum atomic E-state index is 14.0. The van der Waals surface area contributed by atoms with Crippen LogP contribution in [0, 0.1) is 5.92 Å². The first-order valence-corrected chi connectivity index (χ1v) is 13.4. The van der Waals surface area contributed by atoms with Crippen LogP contribution in [0.4, 0.5) is 5.69 Å². The summed E-state index contributed by atoms with van der Waals surface area (Å²) in [5.74, 6) is 0.257. The van der Waals surface area contributed by atoms with Gasteiger partial charge in [-0.3, -0.25) is 19.9 Å². The molecule has 2 aliphatic heterocycles. The minimum atomic E-state index is -1.07. The van der Waals surface area contributed by atoms with Crippen molar-refractivity contribution in [1.82, 2.24) is 15.3 Å². The molecule has 7 nitrogen and oxygen atoms in total. The highest BCUT2D eigenvalue weighted by Gasteiger charge is 2.54. The third-order valence-electron chi connectivity index (χ3n) is 7.61. The number of nitrogens with one attached hydrogen (secondary N) is 2. The number of carbonyl (C=O) groups excluding carboxylic acids is 2. The van der Waals surface area contributed by atoms with Crippen LogP contribution >= 0.6 is 23.2 Å². The monoisotopic (exact) mass is 530 g/mol. The van der Waals surface area contributed by atoms with Gasteiger partial charge in [0.15, 0.2) is 0 Å². The Morgan fingerprint density at radius 1 is 1.17 bits per heavy atom. The predicted molar refractivity (Wildman–Crippen MR) is 141 cm³/mol. The zero-order valence-corrected chi connectivity index (χ0v) is 21.9. The molecule has 1 unspecified atom stereocenters. The molecule has 2 aromatic carbocycles. The second kappa shape index (κ2) is 10.7. The smallest absolute Gasteiger partial charge is 0.249 e. The van der Waals surface area contributed by atoms with Gasteiger partial charge in [-0.25, -0.2) is 5.01 Å². The fourth-order valence-electron chi connectivity index (χ4n) is 5.91. The fourth-order valence-corrected chi connectivity index (χ4v) is 6.30. The molecule has 2 aromatic rings. The Morgan fingerprint density at radius 2 is 1.94 bits per heavy atom. The molecular weight excluding hydrogens is 499 g/mol. The van der Waals surface area contributed by atoms with E-state index in [-0.39, 0.29) is 24.4 Å². The molecule has 3 aliphatic rings. The summed E-state index contributed by atoms with van der Waals surface area (Å²) in [7, 11) is 0. The van der Waals surface area contributed by atoms with Gasteiger partial charge in [-0.05, 0) is 55.0 Å². The van der Waals surface area contributed by atoms with Crippen molar-refractivity contribution < 1.29 is 14.3 Å². The summed E-state index contributed by atoms with van der Waals surface area (Å²) >= 11 is 12.6. The van der Waals surface area contributed by atoms with Gasteiger partial charge >= 0.3 is 0 Å². The Kier molecular flexibility index (Phi) is 7.56. The lowest BCUT2D eigenvalue weighted by Crippen LogP contribution is -2.60. The second-order valence-electron chi connectivity index (χ2n) is 10.1. The van der Waals surface area contributed by atoms with Gasteiger partial charge in [0.1, 0.15) is 5.54 Å². The van der Waals surface area contributed by atoms with E-state index >= 15 is 0 Å². The van der Waals surface area contributed by atoms with Gasteiger partial charge in [-0.1, -0.05) is 48.3 Å². The Bertz CT molecular complexity index is 1140. The van der Waals surface area contributed by atoms with Crippen molar-refractivity contribution >= 4 is 40.7 Å². The van der Waals surface area contributed by atoms with E-state index in [1.165, 1.54) is 0 Å². The van der Waals surface area contributed by atoms with Crippen molar-refractivity contribution in [3.05, 3.63) is 63.6 Å². The van der Waals surface area contributed by atoms with Crippen molar-refractivity contribution in [3.8, 4) is 0 Å². The molecule has 9 heteroatoms. The standard InChI is InChI=1S/C27H32Cl2N4O3/c1-18-5-7-22(13-18)33(17-25(34)31-32-9-11-36-12-10-32)27(16-19-3-2-4-20(28)14-19)23-8-6-21(29)15-24(23)30-26(27)35/h2-4,6,8,14-15,18,22H,5,7,9-13,16-17H2,1H3,(H,30,35)(H,31,34)/t18-,22-,27?/m1/s1. The maximum absolute atomic E-state index is 14.0. The molecule has 36 heavy (non-hydrogen) atoms. The van der Waals surface area contributed by atoms with E-state index in [9.17, 15) is 9.59 Å². The van der Waals surface area contributed by atoms with Gasteiger partial charge in [0, 0.05) is 46.8 Å². The van der Waals surface area contributed by atoms with E-state index in [4.69, 9.17) is 27.9 Å². The normalized spacial score (nSPS) is 26.2. The molecule has 5 rings (SSSR count). The number of carbonyl (C=O) groups is 2. The van der Waals surface area contributed by atoms with Gasteiger partial charge in [0.25, 0.3) is 0 Å². The quantitative estimate of drug-likeness (QED) is 0.560. The van der Waals surface area contributed by atoms with Crippen molar-refractivity contribution in [3.63, 3.8) is 0 Å². The summed E-state index contributed by atoms with van der Waals surface area (Å²) in [6.07, 6.45) is 3.32. The molecule has 0 aromatic heterocycles. The largest absolute Gasteiger partial charge is 0.379 e. The molecule has 192 valence electrons. The van der Waals surface area contributed by atoms with Crippen LogP contribution in [0.3, 0.4) is 0 Å². The van der Waals surface area contributed by atoms with E-state index < -0.39 is 5.54 Å². The minimum Gasteiger partial charge on any atom is -0.379 e. The molecule has 2 heterocycles. The number of morpholine rings is 1. The van der Waals surface area contributed by atoms with Gasteiger partial charge in [0.05, 0.1) is 19.8 Å². The van der Waals surface area contributed by atoms with Gasteiger partial charge in [-0.15, -0.1) is 0 Å². The van der Waals surface area contributed by atoms with Crippen molar-refractivity contribution in [1.29, 1.82) is 0 Å². The highest BCUT2D eigenvalue weighted by molar-refractivity contribution is 6.31. The van der Waals surface area contributed by atoms with E-state index in [1.54, 1.807) is 6.07 Å². The lowest BCUT2D eigenvalue weighted by Gasteiger charge is -2.43. The minimum absolute atomic E-state index is 0.0852. The highest BCUT2D eigenvalue weighted by atomic mass is 35.5.